The van der Waals surface area contributed by atoms with E-state index < -0.39 is 16.9 Å². The first-order chi connectivity index (χ1) is 11.8. The second-order valence-electron chi connectivity index (χ2n) is 5.66. The largest absolute Gasteiger partial charge is 0.335 e. The number of carbonyl (C=O) groups is 2. The number of nitro groups is 1. The van der Waals surface area contributed by atoms with Crippen LogP contribution in [0.5, 0.6) is 0 Å². The predicted molar refractivity (Wildman–Crippen MR) is 91.0 cm³/mol. The molecule has 132 valence electrons. The summed E-state index contributed by atoms with van der Waals surface area (Å²) in [6, 6.07) is 5.60. The standard InChI is InChI=1S/C16H19N5O4/c1-11-5-6-13(9-14(11)21(24)25)18-15(22)10-19(3)16(23)12(2)20-8-4-7-17-20/h4-9,12H,10H2,1-3H3,(H,18,22). The van der Waals surface area contributed by atoms with Crippen LogP contribution in [0.2, 0.25) is 0 Å². The molecule has 2 aromatic rings. The highest BCUT2D eigenvalue weighted by Gasteiger charge is 2.21. The van der Waals surface area contributed by atoms with Crippen molar-refractivity contribution in [2.24, 2.45) is 0 Å². The number of nitro benzene ring substituents is 1. The normalized spacial score (nSPS) is 11.6. The quantitative estimate of drug-likeness (QED) is 0.633. The Morgan fingerprint density at radius 2 is 2.16 bits per heavy atom. The van der Waals surface area contributed by atoms with Gasteiger partial charge in [0.25, 0.3) is 5.69 Å². The minimum absolute atomic E-state index is 0.0745. The maximum Gasteiger partial charge on any atom is 0.274 e. The van der Waals surface area contributed by atoms with Crippen LogP contribution in [0.15, 0.2) is 36.7 Å². The van der Waals surface area contributed by atoms with Crippen LogP contribution in [-0.2, 0) is 9.59 Å². The second kappa shape index (κ2) is 7.56. The van der Waals surface area contributed by atoms with E-state index in [-0.39, 0.29) is 18.1 Å². The highest BCUT2D eigenvalue weighted by Crippen LogP contribution is 2.22. The highest BCUT2D eigenvalue weighted by molar-refractivity contribution is 5.95. The summed E-state index contributed by atoms with van der Waals surface area (Å²) in [6.07, 6.45) is 3.24. The van der Waals surface area contributed by atoms with Gasteiger partial charge in [0.2, 0.25) is 11.8 Å². The van der Waals surface area contributed by atoms with E-state index in [1.165, 1.54) is 22.7 Å². The number of hydrogen-bond acceptors (Lipinski definition) is 5. The smallest absolute Gasteiger partial charge is 0.274 e. The summed E-state index contributed by atoms with van der Waals surface area (Å²) in [7, 11) is 1.51. The topological polar surface area (TPSA) is 110 Å². The van der Waals surface area contributed by atoms with Gasteiger partial charge in [0, 0.05) is 36.8 Å². The molecule has 0 fully saturated rings. The molecule has 9 nitrogen and oxygen atoms in total. The molecular weight excluding hydrogens is 326 g/mol. The van der Waals surface area contributed by atoms with Gasteiger partial charge in [-0.2, -0.15) is 5.10 Å². The molecule has 2 rings (SSSR count). The van der Waals surface area contributed by atoms with Crippen LogP contribution in [0.4, 0.5) is 11.4 Å². The maximum atomic E-state index is 12.3. The molecule has 0 saturated carbocycles. The fraction of sp³-hybridized carbons (Fsp3) is 0.312. The van der Waals surface area contributed by atoms with Crippen LogP contribution >= 0.6 is 0 Å². The van der Waals surface area contributed by atoms with E-state index in [2.05, 4.69) is 10.4 Å². The van der Waals surface area contributed by atoms with Gasteiger partial charge in [-0.3, -0.25) is 24.4 Å². The molecule has 1 unspecified atom stereocenters. The number of aromatic nitrogens is 2. The fourth-order valence-electron chi connectivity index (χ4n) is 2.32. The minimum atomic E-state index is -0.534. The Hall–Kier alpha value is -3.23. The second-order valence-corrected chi connectivity index (χ2v) is 5.66. The van der Waals surface area contributed by atoms with Crippen molar-refractivity contribution < 1.29 is 14.5 Å². The number of nitrogens with one attached hydrogen (secondary N) is 1. The van der Waals surface area contributed by atoms with Gasteiger partial charge in [-0.1, -0.05) is 6.07 Å². The number of aryl methyl sites for hydroxylation is 1. The van der Waals surface area contributed by atoms with Crippen LogP contribution in [0, 0.1) is 17.0 Å². The van der Waals surface area contributed by atoms with Crippen molar-refractivity contribution in [1.29, 1.82) is 0 Å². The monoisotopic (exact) mass is 345 g/mol. The van der Waals surface area contributed by atoms with Crippen LogP contribution in [-0.4, -0.2) is 45.0 Å². The lowest BCUT2D eigenvalue weighted by molar-refractivity contribution is -0.385. The van der Waals surface area contributed by atoms with E-state index in [0.717, 1.165) is 0 Å². The maximum absolute atomic E-state index is 12.3. The summed E-state index contributed by atoms with van der Waals surface area (Å²) in [5, 5.41) is 17.5. The van der Waals surface area contributed by atoms with E-state index in [1.807, 2.05) is 0 Å². The molecule has 9 heteroatoms. The summed E-state index contributed by atoms with van der Waals surface area (Å²) < 4.78 is 1.50. The predicted octanol–water partition coefficient (Wildman–Crippen LogP) is 1.76. The highest BCUT2D eigenvalue weighted by atomic mass is 16.6. The molecule has 0 bridgehead atoms. The Morgan fingerprint density at radius 3 is 2.76 bits per heavy atom. The van der Waals surface area contributed by atoms with Crippen molar-refractivity contribution >= 4 is 23.2 Å². The summed E-state index contributed by atoms with van der Waals surface area (Å²) in [4.78, 5) is 36.1. The number of anilines is 1. The van der Waals surface area contributed by atoms with Crippen molar-refractivity contribution in [2.75, 3.05) is 18.9 Å². The van der Waals surface area contributed by atoms with Crippen LogP contribution in [0.1, 0.15) is 18.5 Å². The zero-order valence-corrected chi connectivity index (χ0v) is 14.2. The molecule has 0 radical (unpaired) electrons. The van der Waals surface area contributed by atoms with E-state index >= 15 is 0 Å². The van der Waals surface area contributed by atoms with Crippen LogP contribution in [0.25, 0.3) is 0 Å². The summed E-state index contributed by atoms with van der Waals surface area (Å²) in [5.41, 5.74) is 0.737. The Labute approximate surface area is 144 Å². The molecule has 0 aliphatic heterocycles. The van der Waals surface area contributed by atoms with E-state index in [0.29, 0.717) is 11.3 Å². The van der Waals surface area contributed by atoms with Gasteiger partial charge in [0.1, 0.15) is 6.04 Å². The van der Waals surface area contributed by atoms with Gasteiger partial charge in [-0.25, -0.2) is 0 Å². The number of hydrogen-bond donors (Lipinski definition) is 1. The van der Waals surface area contributed by atoms with E-state index in [1.54, 1.807) is 44.4 Å². The van der Waals surface area contributed by atoms with Gasteiger partial charge < -0.3 is 10.2 Å². The molecule has 0 aliphatic rings. The third-order valence-corrected chi connectivity index (χ3v) is 3.73. The van der Waals surface area contributed by atoms with Crippen molar-refractivity contribution in [3.63, 3.8) is 0 Å². The number of nitrogens with zero attached hydrogens (tertiary/aromatic N) is 4. The average molecular weight is 345 g/mol. The zero-order valence-electron chi connectivity index (χ0n) is 14.2. The first-order valence-electron chi connectivity index (χ1n) is 7.58. The third kappa shape index (κ3) is 4.40. The first-order valence-corrected chi connectivity index (χ1v) is 7.58. The molecule has 1 atom stereocenters. The van der Waals surface area contributed by atoms with E-state index in [4.69, 9.17) is 0 Å². The van der Waals surface area contributed by atoms with Crippen molar-refractivity contribution in [3.8, 4) is 0 Å². The SMILES string of the molecule is Cc1ccc(NC(=O)CN(C)C(=O)C(C)n2cccn2)cc1[N+](=O)[O-]. The molecular formula is C16H19N5O4. The summed E-state index contributed by atoms with van der Waals surface area (Å²) in [5.74, 6) is -0.713. The minimum Gasteiger partial charge on any atom is -0.335 e. The number of amides is 2. The first kappa shape index (κ1) is 18.1. The Balaban J connectivity index is 1.99. The Morgan fingerprint density at radius 1 is 1.44 bits per heavy atom. The lowest BCUT2D eigenvalue weighted by atomic mass is 10.2. The molecule has 0 spiro atoms. The molecule has 25 heavy (non-hydrogen) atoms. The fourth-order valence-corrected chi connectivity index (χ4v) is 2.32. The van der Waals surface area contributed by atoms with Gasteiger partial charge in [-0.05, 0) is 26.0 Å². The van der Waals surface area contributed by atoms with Crippen LogP contribution in [0.3, 0.4) is 0 Å². The lowest BCUT2D eigenvalue weighted by Crippen LogP contribution is -2.38. The van der Waals surface area contributed by atoms with Crippen molar-refractivity contribution in [2.45, 2.75) is 19.9 Å². The zero-order chi connectivity index (χ0) is 18.6. The summed E-state index contributed by atoms with van der Waals surface area (Å²) in [6.45, 7) is 3.13. The molecule has 1 aromatic heterocycles. The summed E-state index contributed by atoms with van der Waals surface area (Å²) >= 11 is 0. The van der Waals surface area contributed by atoms with Crippen molar-refractivity contribution in [1.82, 2.24) is 14.7 Å². The third-order valence-electron chi connectivity index (χ3n) is 3.73. The molecule has 0 aliphatic carbocycles. The van der Waals surface area contributed by atoms with Crippen LogP contribution < -0.4 is 5.32 Å². The Kier molecular flexibility index (Phi) is 5.48. The number of benzene rings is 1. The number of rotatable bonds is 6. The molecule has 1 aromatic carbocycles. The van der Waals surface area contributed by atoms with Gasteiger partial charge >= 0.3 is 0 Å². The number of likely N-dealkylation sites (N-methyl/N-ethyl adjacent to an activating group) is 1. The average Bonchev–Trinajstić information content (AvgIpc) is 3.09. The molecule has 1 heterocycles. The number of carbonyl (C=O) groups excluding carboxylic acids is 2. The van der Waals surface area contributed by atoms with Gasteiger partial charge in [0.15, 0.2) is 0 Å². The molecule has 0 saturated heterocycles. The molecule has 2 amide bonds. The lowest BCUT2D eigenvalue weighted by Gasteiger charge is -2.21. The van der Waals surface area contributed by atoms with Gasteiger partial charge in [0.05, 0.1) is 11.5 Å². The van der Waals surface area contributed by atoms with Crippen molar-refractivity contribution in [3.05, 3.63) is 52.3 Å². The Bertz CT molecular complexity index is 788. The van der Waals surface area contributed by atoms with E-state index in [9.17, 15) is 19.7 Å². The van der Waals surface area contributed by atoms with Gasteiger partial charge in [-0.15, -0.1) is 0 Å². The molecule has 1 N–H and O–H groups in total.